The van der Waals surface area contributed by atoms with Gasteiger partial charge in [-0.2, -0.15) is 4.99 Å². The third kappa shape index (κ3) is 6.52. The fraction of sp³-hybridized carbons (Fsp3) is 0.258. The Morgan fingerprint density at radius 3 is 2.62 bits per heavy atom. The molecule has 9 nitrogen and oxygen atoms in total. The number of methoxy groups -OCH3 is 1. The monoisotopic (exact) mass is 587 g/mol. The number of halogens is 1. The van der Waals surface area contributed by atoms with Crippen molar-refractivity contribution in [3.05, 3.63) is 89.7 Å². The molecule has 3 aromatic carbocycles. The number of ether oxygens (including phenoxy) is 1. The molecule has 5 rings (SSSR count). The number of aliphatic imine (C=N–C) groups is 2. The maximum Gasteiger partial charge on any atom is 0.270 e. The van der Waals surface area contributed by atoms with Gasteiger partial charge in [0.15, 0.2) is 5.17 Å². The summed E-state index contributed by atoms with van der Waals surface area (Å²) in [5.41, 5.74) is 2.75. The van der Waals surface area contributed by atoms with Crippen LogP contribution in [0.1, 0.15) is 37.3 Å². The van der Waals surface area contributed by atoms with Crippen LogP contribution < -0.4 is 15.4 Å². The van der Waals surface area contributed by atoms with Gasteiger partial charge in [0, 0.05) is 30.3 Å². The molecule has 42 heavy (non-hydrogen) atoms. The average Bonchev–Trinajstić information content (AvgIpc) is 3.34. The number of carbonyl (C=O) groups excluding carboxylic acids is 3. The summed E-state index contributed by atoms with van der Waals surface area (Å²) in [5.74, 6) is -0.0701. The van der Waals surface area contributed by atoms with Crippen molar-refractivity contribution in [1.29, 1.82) is 0 Å². The fourth-order valence-electron chi connectivity index (χ4n) is 4.69. The number of amides is 3. The first-order chi connectivity index (χ1) is 20.4. The maximum absolute atomic E-state index is 13.3. The number of nitrogens with zero attached hydrogens (tertiary/aromatic N) is 3. The molecule has 216 valence electrons. The lowest BCUT2D eigenvalue weighted by Gasteiger charge is -2.32. The minimum atomic E-state index is -0.741. The highest BCUT2D eigenvalue weighted by atomic mass is 32.2. The zero-order valence-electron chi connectivity index (χ0n) is 23.2. The third-order valence-electron chi connectivity index (χ3n) is 6.90. The Hall–Kier alpha value is -4.51. The molecule has 0 aliphatic carbocycles. The molecular weight excluding hydrogens is 557 g/mol. The number of hydrogen-bond donors (Lipinski definition) is 2. The van der Waals surface area contributed by atoms with Gasteiger partial charge in [0.1, 0.15) is 23.4 Å². The number of carbonyl (C=O) groups is 3. The van der Waals surface area contributed by atoms with Gasteiger partial charge in [0.05, 0.1) is 18.0 Å². The summed E-state index contributed by atoms with van der Waals surface area (Å²) < 4.78 is 18.4. The van der Waals surface area contributed by atoms with E-state index in [1.54, 1.807) is 48.4 Å². The Bertz CT molecular complexity index is 1560. The third-order valence-corrected chi connectivity index (χ3v) is 8.23. The van der Waals surface area contributed by atoms with Gasteiger partial charge in [-0.05, 0) is 54.8 Å². The molecule has 2 heterocycles. The van der Waals surface area contributed by atoms with Crippen molar-refractivity contribution in [3.8, 4) is 5.75 Å². The normalized spacial score (nSPS) is 16.1. The Morgan fingerprint density at radius 1 is 1.07 bits per heavy atom. The fourth-order valence-corrected chi connectivity index (χ4v) is 5.76. The highest BCUT2D eigenvalue weighted by Crippen LogP contribution is 2.37. The number of para-hydroxylation sites is 1. The van der Waals surface area contributed by atoms with Crippen molar-refractivity contribution in [2.24, 2.45) is 9.98 Å². The van der Waals surface area contributed by atoms with Crippen LogP contribution >= 0.6 is 11.8 Å². The lowest BCUT2D eigenvalue weighted by atomic mass is 10.1. The minimum absolute atomic E-state index is 0.0734. The molecule has 11 heteroatoms. The highest BCUT2D eigenvalue weighted by molar-refractivity contribution is 8.15. The molecule has 3 amide bonds. The van der Waals surface area contributed by atoms with Crippen molar-refractivity contribution in [1.82, 2.24) is 10.2 Å². The molecule has 0 saturated carbocycles. The van der Waals surface area contributed by atoms with E-state index < -0.39 is 11.3 Å². The van der Waals surface area contributed by atoms with Gasteiger partial charge in [-0.1, -0.05) is 49.0 Å². The Kier molecular flexibility index (Phi) is 8.97. The first-order valence-electron chi connectivity index (χ1n) is 13.6. The van der Waals surface area contributed by atoms with Crippen LogP contribution in [0.5, 0.6) is 5.75 Å². The van der Waals surface area contributed by atoms with Crippen molar-refractivity contribution >= 4 is 51.9 Å². The van der Waals surface area contributed by atoms with Crippen LogP contribution in [0.3, 0.4) is 0 Å². The summed E-state index contributed by atoms with van der Waals surface area (Å²) in [6, 6.07) is 19.7. The van der Waals surface area contributed by atoms with E-state index in [0.29, 0.717) is 40.1 Å². The van der Waals surface area contributed by atoms with Crippen LogP contribution in [0, 0.1) is 5.82 Å². The maximum atomic E-state index is 13.3. The number of anilines is 1. The predicted octanol–water partition coefficient (Wildman–Crippen LogP) is 5.04. The van der Waals surface area contributed by atoms with E-state index in [1.165, 1.54) is 23.9 Å². The zero-order chi connectivity index (χ0) is 29.6. The second kappa shape index (κ2) is 13.0. The van der Waals surface area contributed by atoms with Gasteiger partial charge < -0.3 is 15.4 Å². The number of thioether (sulfide) groups is 1. The molecule has 0 aromatic heterocycles. The van der Waals surface area contributed by atoms with Gasteiger partial charge in [-0.15, -0.1) is 0 Å². The number of fused-ring (bicyclic) bond motifs is 3. The molecule has 0 spiro atoms. The summed E-state index contributed by atoms with van der Waals surface area (Å²) >= 11 is 1.26. The summed E-state index contributed by atoms with van der Waals surface area (Å²) in [6.45, 7) is 2.16. The number of amidine groups is 2. The van der Waals surface area contributed by atoms with Crippen molar-refractivity contribution < 1.29 is 23.5 Å². The lowest BCUT2D eigenvalue weighted by Crippen LogP contribution is -2.45. The standard InChI is InChI=1S/C31H30FN5O4S/c1-3-26(30(40)34-21-7-6-8-22(17-21)41-2)42-31-35-24-10-5-4-9-23(24)28-36-29(39)25(37(28)31)15-16-27(38)33-18-19-11-13-20(32)14-12-19/h4-14,17,25-26H,3,15-16,18H2,1-2H3,(H,33,38)(H,34,40). The topological polar surface area (TPSA) is 112 Å². The first-order valence-corrected chi connectivity index (χ1v) is 14.5. The second-order valence-corrected chi connectivity index (χ2v) is 10.9. The van der Waals surface area contributed by atoms with E-state index in [9.17, 15) is 18.8 Å². The zero-order valence-corrected chi connectivity index (χ0v) is 24.0. The van der Waals surface area contributed by atoms with Crippen LogP contribution in [0.2, 0.25) is 0 Å². The largest absolute Gasteiger partial charge is 0.497 e. The van der Waals surface area contributed by atoms with Gasteiger partial charge in [-0.3, -0.25) is 19.3 Å². The average molecular weight is 588 g/mol. The van der Waals surface area contributed by atoms with Crippen molar-refractivity contribution in [2.75, 3.05) is 12.4 Å². The Labute approximate surface area is 247 Å². The molecule has 3 aromatic rings. The predicted molar refractivity (Wildman–Crippen MR) is 161 cm³/mol. The smallest absolute Gasteiger partial charge is 0.270 e. The second-order valence-electron chi connectivity index (χ2n) is 9.75. The van der Waals surface area contributed by atoms with E-state index >= 15 is 0 Å². The summed E-state index contributed by atoms with van der Waals surface area (Å²) in [7, 11) is 1.56. The van der Waals surface area contributed by atoms with E-state index in [1.807, 2.05) is 31.2 Å². The lowest BCUT2D eigenvalue weighted by molar-refractivity contribution is -0.122. The Morgan fingerprint density at radius 2 is 1.86 bits per heavy atom. The minimum Gasteiger partial charge on any atom is -0.497 e. The molecule has 2 atom stereocenters. The van der Waals surface area contributed by atoms with E-state index in [-0.39, 0.29) is 42.9 Å². The van der Waals surface area contributed by atoms with Crippen molar-refractivity contribution in [3.63, 3.8) is 0 Å². The number of hydrogen-bond acceptors (Lipinski definition) is 7. The van der Waals surface area contributed by atoms with E-state index in [4.69, 9.17) is 9.73 Å². The van der Waals surface area contributed by atoms with Gasteiger partial charge >= 0.3 is 0 Å². The van der Waals surface area contributed by atoms with Gasteiger partial charge in [0.2, 0.25) is 11.8 Å². The molecule has 0 saturated heterocycles. The van der Waals surface area contributed by atoms with Gasteiger partial charge in [-0.25, -0.2) is 9.38 Å². The molecule has 2 N–H and O–H groups in total. The number of benzene rings is 3. The quantitative estimate of drug-likeness (QED) is 0.344. The number of rotatable bonds is 10. The highest BCUT2D eigenvalue weighted by Gasteiger charge is 2.42. The molecular formula is C31H30FN5O4S. The van der Waals surface area contributed by atoms with Crippen LogP contribution in [-0.2, 0) is 20.9 Å². The van der Waals surface area contributed by atoms with Crippen LogP contribution in [0.15, 0.2) is 82.8 Å². The molecule has 2 aliphatic rings. The summed E-state index contributed by atoms with van der Waals surface area (Å²) in [5, 5.41) is 5.72. The van der Waals surface area contributed by atoms with E-state index in [0.717, 1.165) is 5.56 Å². The number of nitrogens with one attached hydrogen (secondary N) is 2. The summed E-state index contributed by atoms with van der Waals surface area (Å²) in [4.78, 5) is 50.1. The van der Waals surface area contributed by atoms with Crippen molar-refractivity contribution in [2.45, 2.75) is 44.0 Å². The first kappa shape index (κ1) is 29.0. The van der Waals surface area contributed by atoms with Crippen LogP contribution in [-0.4, -0.2) is 52.0 Å². The molecule has 0 bridgehead atoms. The SMILES string of the molecule is CCC(SC1=Nc2ccccc2C2=NC(=O)C(CCC(=O)NCc3ccc(F)cc3)N12)C(=O)Nc1cccc(OC)c1. The van der Waals surface area contributed by atoms with Crippen LogP contribution in [0.4, 0.5) is 15.8 Å². The summed E-state index contributed by atoms with van der Waals surface area (Å²) in [6.07, 6.45) is 0.783. The van der Waals surface area contributed by atoms with E-state index in [2.05, 4.69) is 15.6 Å². The molecule has 0 fully saturated rings. The molecule has 2 unspecified atom stereocenters. The molecule has 2 aliphatic heterocycles. The Balaban J connectivity index is 1.31. The van der Waals surface area contributed by atoms with Gasteiger partial charge in [0.25, 0.3) is 5.91 Å². The van der Waals surface area contributed by atoms with Crippen LogP contribution in [0.25, 0.3) is 0 Å². The molecule has 0 radical (unpaired) electrons.